The number of nitrogens with zero attached hydrogens (tertiary/aromatic N) is 2. The van der Waals surface area contributed by atoms with E-state index in [-0.39, 0.29) is 11.6 Å². The first-order chi connectivity index (χ1) is 7.18. The highest BCUT2D eigenvalue weighted by atomic mass is 32.1. The van der Waals surface area contributed by atoms with Crippen LogP contribution in [0.4, 0.5) is 4.39 Å². The fourth-order valence-corrected chi connectivity index (χ4v) is 1.63. The number of rotatable bonds is 2. The smallest absolute Gasteiger partial charge is 0.214 e. The highest BCUT2D eigenvalue weighted by Crippen LogP contribution is 2.13. The fraction of sp³-hybridized carbons (Fsp3) is 0.100. The summed E-state index contributed by atoms with van der Waals surface area (Å²) in [7, 11) is 0. The molecule has 0 bridgehead atoms. The Morgan fingerprint density at radius 1 is 1.47 bits per heavy atom. The molecular formula is C10H7FN2OS. The van der Waals surface area contributed by atoms with Crippen LogP contribution in [-0.4, -0.2) is 15.4 Å². The maximum absolute atomic E-state index is 13.0. The van der Waals surface area contributed by atoms with Gasteiger partial charge in [0, 0.05) is 10.9 Å². The van der Waals surface area contributed by atoms with E-state index in [1.165, 1.54) is 18.2 Å². The molecule has 1 aromatic carbocycles. The molecule has 2 aromatic rings. The molecule has 2 rings (SSSR count). The molecule has 1 heterocycles. The number of aromatic nitrogens is 2. The van der Waals surface area contributed by atoms with Gasteiger partial charge in [0.15, 0.2) is 0 Å². The van der Waals surface area contributed by atoms with E-state index in [4.69, 9.17) is 0 Å². The molecular weight excluding hydrogens is 215 g/mol. The zero-order valence-electron chi connectivity index (χ0n) is 7.90. The zero-order valence-corrected chi connectivity index (χ0v) is 8.71. The monoisotopic (exact) mass is 222 g/mol. The third-order valence-corrected chi connectivity index (χ3v) is 2.52. The van der Waals surface area contributed by atoms with E-state index in [0.717, 1.165) is 11.5 Å². The van der Waals surface area contributed by atoms with Crippen LogP contribution in [0.25, 0.3) is 0 Å². The SMILES string of the molecule is Cc1cc(C(=O)c2csnn2)ccc1F. The molecule has 0 saturated carbocycles. The van der Waals surface area contributed by atoms with Gasteiger partial charge in [-0.15, -0.1) is 5.10 Å². The summed E-state index contributed by atoms with van der Waals surface area (Å²) in [6.45, 7) is 1.62. The van der Waals surface area contributed by atoms with E-state index in [2.05, 4.69) is 9.59 Å². The van der Waals surface area contributed by atoms with Crippen molar-refractivity contribution in [1.29, 1.82) is 0 Å². The average Bonchev–Trinajstić information content (AvgIpc) is 2.74. The first-order valence-electron chi connectivity index (χ1n) is 4.26. The van der Waals surface area contributed by atoms with E-state index in [9.17, 15) is 9.18 Å². The van der Waals surface area contributed by atoms with Gasteiger partial charge in [-0.2, -0.15) is 0 Å². The van der Waals surface area contributed by atoms with Crippen LogP contribution in [0.1, 0.15) is 21.6 Å². The lowest BCUT2D eigenvalue weighted by molar-refractivity contribution is 0.103. The van der Waals surface area contributed by atoms with Crippen LogP contribution in [0.15, 0.2) is 23.6 Å². The normalized spacial score (nSPS) is 10.3. The highest BCUT2D eigenvalue weighted by Gasteiger charge is 2.12. The molecule has 0 fully saturated rings. The number of hydrogen-bond acceptors (Lipinski definition) is 4. The summed E-state index contributed by atoms with van der Waals surface area (Å²) < 4.78 is 16.6. The lowest BCUT2D eigenvalue weighted by Gasteiger charge is -1.99. The van der Waals surface area contributed by atoms with Gasteiger partial charge >= 0.3 is 0 Å². The molecule has 0 aliphatic carbocycles. The van der Waals surface area contributed by atoms with Crippen LogP contribution in [-0.2, 0) is 0 Å². The van der Waals surface area contributed by atoms with Crippen molar-refractivity contribution in [3.05, 3.63) is 46.2 Å². The van der Waals surface area contributed by atoms with Crippen LogP contribution in [0.3, 0.4) is 0 Å². The molecule has 0 radical (unpaired) electrons. The van der Waals surface area contributed by atoms with E-state index in [1.807, 2.05) is 0 Å². The quantitative estimate of drug-likeness (QED) is 0.732. The maximum atomic E-state index is 13.0. The Labute approximate surface area is 89.7 Å². The summed E-state index contributed by atoms with van der Waals surface area (Å²) in [5, 5.41) is 5.24. The second kappa shape index (κ2) is 3.86. The Morgan fingerprint density at radius 3 is 2.87 bits per heavy atom. The molecule has 0 aliphatic rings. The molecule has 0 unspecified atom stereocenters. The Balaban J connectivity index is 2.39. The number of carbonyl (C=O) groups is 1. The Hall–Kier alpha value is -1.62. The average molecular weight is 222 g/mol. The van der Waals surface area contributed by atoms with Crippen molar-refractivity contribution in [2.45, 2.75) is 6.92 Å². The number of halogens is 1. The van der Waals surface area contributed by atoms with E-state index >= 15 is 0 Å². The molecule has 76 valence electrons. The zero-order chi connectivity index (χ0) is 10.8. The molecule has 15 heavy (non-hydrogen) atoms. The molecule has 1 aromatic heterocycles. The predicted octanol–water partition coefficient (Wildman–Crippen LogP) is 2.22. The van der Waals surface area contributed by atoms with Crippen molar-refractivity contribution in [2.75, 3.05) is 0 Å². The minimum atomic E-state index is -0.317. The molecule has 0 atom stereocenters. The maximum Gasteiger partial charge on any atom is 0.214 e. The summed E-state index contributed by atoms with van der Waals surface area (Å²) >= 11 is 1.11. The van der Waals surface area contributed by atoms with Gasteiger partial charge in [0.25, 0.3) is 0 Å². The molecule has 0 aliphatic heterocycles. The van der Waals surface area contributed by atoms with Gasteiger partial charge < -0.3 is 0 Å². The number of aryl methyl sites for hydroxylation is 1. The number of carbonyl (C=O) groups excluding carboxylic acids is 1. The van der Waals surface area contributed by atoms with E-state index in [1.54, 1.807) is 12.3 Å². The molecule has 5 heteroatoms. The lowest BCUT2D eigenvalue weighted by atomic mass is 10.1. The summed E-state index contributed by atoms with van der Waals surface area (Å²) in [5.74, 6) is -0.546. The van der Waals surface area contributed by atoms with Crippen LogP contribution >= 0.6 is 11.5 Å². The van der Waals surface area contributed by atoms with E-state index in [0.29, 0.717) is 16.8 Å². The third kappa shape index (κ3) is 1.92. The van der Waals surface area contributed by atoms with E-state index < -0.39 is 0 Å². The second-order valence-electron chi connectivity index (χ2n) is 3.08. The summed E-state index contributed by atoms with van der Waals surface area (Å²) in [6, 6.07) is 4.24. The van der Waals surface area contributed by atoms with Gasteiger partial charge in [0.05, 0.1) is 0 Å². The minimum Gasteiger partial charge on any atom is -0.287 e. The molecule has 0 saturated heterocycles. The first-order valence-corrected chi connectivity index (χ1v) is 5.10. The highest BCUT2D eigenvalue weighted by molar-refractivity contribution is 7.03. The van der Waals surface area contributed by atoms with Crippen LogP contribution < -0.4 is 0 Å². The Bertz CT molecular complexity index is 496. The second-order valence-corrected chi connectivity index (χ2v) is 3.69. The van der Waals surface area contributed by atoms with Crippen molar-refractivity contribution in [3.8, 4) is 0 Å². The summed E-state index contributed by atoms with van der Waals surface area (Å²) in [6.07, 6.45) is 0. The van der Waals surface area contributed by atoms with Crippen molar-refractivity contribution < 1.29 is 9.18 Å². The third-order valence-electron chi connectivity index (χ3n) is 2.01. The predicted molar refractivity (Wildman–Crippen MR) is 54.5 cm³/mol. The first kappa shape index (κ1) is 9.92. The molecule has 0 N–H and O–H groups in total. The Morgan fingerprint density at radius 2 is 2.27 bits per heavy atom. The van der Waals surface area contributed by atoms with Crippen LogP contribution in [0.2, 0.25) is 0 Å². The topological polar surface area (TPSA) is 42.9 Å². The standard InChI is InChI=1S/C10H7FN2OS/c1-6-4-7(2-3-8(6)11)10(14)9-5-15-13-12-9/h2-5H,1H3. The van der Waals surface area contributed by atoms with Gasteiger partial charge in [-0.1, -0.05) is 4.49 Å². The Kier molecular flexibility index (Phi) is 2.55. The van der Waals surface area contributed by atoms with Crippen LogP contribution in [0, 0.1) is 12.7 Å². The van der Waals surface area contributed by atoms with Crippen LogP contribution in [0.5, 0.6) is 0 Å². The lowest BCUT2D eigenvalue weighted by Crippen LogP contribution is -2.02. The van der Waals surface area contributed by atoms with Crippen molar-refractivity contribution in [3.63, 3.8) is 0 Å². The number of benzene rings is 1. The van der Waals surface area contributed by atoms with Gasteiger partial charge in [0.2, 0.25) is 5.78 Å². The molecule has 3 nitrogen and oxygen atoms in total. The fourth-order valence-electron chi connectivity index (χ4n) is 1.20. The molecule has 0 spiro atoms. The summed E-state index contributed by atoms with van der Waals surface area (Å²) in [4.78, 5) is 11.8. The van der Waals surface area contributed by atoms with Crippen molar-refractivity contribution in [1.82, 2.24) is 9.59 Å². The van der Waals surface area contributed by atoms with Crippen molar-refractivity contribution in [2.24, 2.45) is 0 Å². The largest absolute Gasteiger partial charge is 0.287 e. The van der Waals surface area contributed by atoms with Gasteiger partial charge in [0.1, 0.15) is 11.5 Å². The number of hydrogen-bond donors (Lipinski definition) is 0. The minimum absolute atomic E-state index is 0.230. The van der Waals surface area contributed by atoms with Gasteiger partial charge in [-0.05, 0) is 42.2 Å². The van der Waals surface area contributed by atoms with Crippen molar-refractivity contribution >= 4 is 17.3 Å². The van der Waals surface area contributed by atoms with Gasteiger partial charge in [-0.3, -0.25) is 4.79 Å². The molecule has 0 amide bonds. The summed E-state index contributed by atoms with van der Waals surface area (Å²) in [5.41, 5.74) is 1.18. The van der Waals surface area contributed by atoms with Gasteiger partial charge in [-0.25, -0.2) is 4.39 Å². The number of ketones is 1.